The molecule has 0 saturated heterocycles. The number of fused-ring (bicyclic) bond motifs is 2. The van der Waals surface area contributed by atoms with Gasteiger partial charge in [0, 0.05) is 5.57 Å². The van der Waals surface area contributed by atoms with Crippen molar-refractivity contribution in [3.8, 4) is 0 Å². The smallest absolute Gasteiger partial charge is 0.0571 e. The van der Waals surface area contributed by atoms with E-state index in [0.717, 1.165) is 6.42 Å². The van der Waals surface area contributed by atoms with Crippen molar-refractivity contribution >= 4 is 29.1 Å². The highest BCUT2D eigenvalue weighted by Gasteiger charge is 2.23. The average molecular weight is 280 g/mol. The molecule has 0 atom stereocenters. The number of benzene rings is 2. The second-order valence-corrected chi connectivity index (χ2v) is 6.75. The molecule has 1 aliphatic heterocycles. The van der Waals surface area contributed by atoms with Gasteiger partial charge in [0.2, 0.25) is 0 Å². The van der Waals surface area contributed by atoms with E-state index < -0.39 is 0 Å². The largest absolute Gasteiger partial charge is 0.0895 e. The van der Waals surface area contributed by atoms with E-state index >= 15 is 0 Å². The highest BCUT2D eigenvalue weighted by atomic mass is 32.2. The SMILES string of the molecule is C1=CSC(=C2c3ccccc3Cc3ccccc32)S1. The van der Waals surface area contributed by atoms with Crippen LogP contribution in [0.1, 0.15) is 22.3 Å². The Labute approximate surface area is 121 Å². The lowest BCUT2D eigenvalue weighted by Gasteiger charge is -2.23. The van der Waals surface area contributed by atoms with Crippen LogP contribution in [0, 0.1) is 0 Å². The molecule has 0 N–H and O–H groups in total. The van der Waals surface area contributed by atoms with Crippen LogP contribution in [0.4, 0.5) is 0 Å². The normalized spacial score (nSPS) is 16.4. The molecule has 0 radical (unpaired) electrons. The Morgan fingerprint density at radius 1 is 0.684 bits per heavy atom. The summed E-state index contributed by atoms with van der Waals surface area (Å²) in [6.07, 6.45) is 1.05. The van der Waals surface area contributed by atoms with Crippen molar-refractivity contribution in [3.63, 3.8) is 0 Å². The number of hydrogen-bond donors (Lipinski definition) is 0. The Morgan fingerprint density at radius 3 is 1.79 bits per heavy atom. The third kappa shape index (κ3) is 1.87. The van der Waals surface area contributed by atoms with E-state index in [0.29, 0.717) is 0 Å². The molecule has 19 heavy (non-hydrogen) atoms. The summed E-state index contributed by atoms with van der Waals surface area (Å²) in [7, 11) is 0. The first-order valence-electron chi connectivity index (χ1n) is 6.32. The lowest BCUT2D eigenvalue weighted by atomic mass is 9.83. The summed E-state index contributed by atoms with van der Waals surface area (Å²) in [5.41, 5.74) is 7.10. The molecule has 2 aliphatic rings. The second-order valence-electron chi connectivity index (χ2n) is 4.66. The molecule has 1 heterocycles. The standard InChI is InChI=1S/C17H12S2/c1-3-7-14-12(5-1)11-13-6-2-4-8-15(13)16(14)17-18-9-10-19-17/h1-10H,11H2. The van der Waals surface area contributed by atoms with Gasteiger partial charge < -0.3 is 0 Å². The van der Waals surface area contributed by atoms with Crippen LogP contribution in [-0.2, 0) is 6.42 Å². The molecule has 0 spiro atoms. The molecule has 0 aromatic heterocycles. The maximum Gasteiger partial charge on any atom is 0.0571 e. The molecule has 92 valence electrons. The van der Waals surface area contributed by atoms with Gasteiger partial charge in [0.1, 0.15) is 0 Å². The van der Waals surface area contributed by atoms with Crippen LogP contribution in [0.25, 0.3) is 5.57 Å². The fourth-order valence-corrected chi connectivity index (χ4v) is 4.65. The van der Waals surface area contributed by atoms with Crippen LogP contribution < -0.4 is 0 Å². The molecular formula is C17H12S2. The van der Waals surface area contributed by atoms with Crippen molar-refractivity contribution in [1.82, 2.24) is 0 Å². The number of rotatable bonds is 0. The Balaban J connectivity index is 2.01. The zero-order valence-corrected chi connectivity index (χ0v) is 11.9. The van der Waals surface area contributed by atoms with Crippen molar-refractivity contribution in [2.75, 3.05) is 0 Å². The molecule has 0 saturated carbocycles. The first-order valence-corrected chi connectivity index (χ1v) is 8.08. The van der Waals surface area contributed by atoms with Gasteiger partial charge in [0.25, 0.3) is 0 Å². The van der Waals surface area contributed by atoms with Crippen molar-refractivity contribution in [1.29, 1.82) is 0 Å². The maximum atomic E-state index is 2.26. The summed E-state index contributed by atoms with van der Waals surface area (Å²) < 4.78 is 1.40. The molecule has 0 amide bonds. The summed E-state index contributed by atoms with van der Waals surface area (Å²) in [6, 6.07) is 17.6. The number of thioether (sulfide) groups is 2. The predicted octanol–water partition coefficient (Wildman–Crippen LogP) is 5.26. The highest BCUT2D eigenvalue weighted by molar-refractivity contribution is 8.27. The lowest BCUT2D eigenvalue weighted by molar-refractivity contribution is 1.14. The second kappa shape index (κ2) is 4.62. The quantitative estimate of drug-likeness (QED) is 0.551. The third-order valence-electron chi connectivity index (χ3n) is 3.56. The zero-order chi connectivity index (χ0) is 12.7. The van der Waals surface area contributed by atoms with Gasteiger partial charge in [-0.05, 0) is 39.5 Å². The van der Waals surface area contributed by atoms with E-state index in [9.17, 15) is 0 Å². The molecule has 0 nitrogen and oxygen atoms in total. The average Bonchev–Trinajstić information content (AvgIpc) is 2.98. The Kier molecular flexibility index (Phi) is 2.78. The summed E-state index contributed by atoms with van der Waals surface area (Å²) in [4.78, 5) is 0. The van der Waals surface area contributed by atoms with Gasteiger partial charge in [-0.15, -0.1) is 0 Å². The molecular weight excluding hydrogens is 268 g/mol. The van der Waals surface area contributed by atoms with Crippen LogP contribution in [0.15, 0.2) is 63.6 Å². The van der Waals surface area contributed by atoms with Crippen molar-refractivity contribution in [2.45, 2.75) is 6.42 Å². The van der Waals surface area contributed by atoms with E-state index in [4.69, 9.17) is 0 Å². The molecule has 0 unspecified atom stereocenters. The Morgan fingerprint density at radius 2 is 1.21 bits per heavy atom. The summed E-state index contributed by atoms with van der Waals surface area (Å²) in [5, 5.41) is 4.35. The van der Waals surface area contributed by atoms with Crippen LogP contribution in [0.3, 0.4) is 0 Å². The van der Waals surface area contributed by atoms with Crippen molar-refractivity contribution in [2.24, 2.45) is 0 Å². The summed E-state index contributed by atoms with van der Waals surface area (Å²) in [6.45, 7) is 0. The molecule has 2 heteroatoms. The molecule has 2 aromatic carbocycles. The molecule has 2 aromatic rings. The minimum Gasteiger partial charge on any atom is -0.0895 e. The fraction of sp³-hybridized carbons (Fsp3) is 0.0588. The van der Waals surface area contributed by atoms with Gasteiger partial charge in [-0.1, -0.05) is 72.1 Å². The first kappa shape index (κ1) is 11.4. The van der Waals surface area contributed by atoms with E-state index in [1.165, 1.54) is 32.1 Å². The van der Waals surface area contributed by atoms with E-state index in [-0.39, 0.29) is 0 Å². The molecule has 4 rings (SSSR count). The molecule has 0 bridgehead atoms. The Bertz CT molecular complexity index is 653. The topological polar surface area (TPSA) is 0 Å². The number of hydrogen-bond acceptors (Lipinski definition) is 2. The monoisotopic (exact) mass is 280 g/mol. The van der Waals surface area contributed by atoms with Crippen LogP contribution in [-0.4, -0.2) is 0 Å². The van der Waals surface area contributed by atoms with E-state index in [1.54, 1.807) is 0 Å². The van der Waals surface area contributed by atoms with Gasteiger partial charge >= 0.3 is 0 Å². The van der Waals surface area contributed by atoms with E-state index in [1.807, 2.05) is 23.5 Å². The summed E-state index contributed by atoms with van der Waals surface area (Å²) in [5.74, 6) is 0. The van der Waals surface area contributed by atoms with Gasteiger partial charge in [0.05, 0.1) is 4.24 Å². The first-order chi connectivity index (χ1) is 9.43. The van der Waals surface area contributed by atoms with Gasteiger partial charge in [0.15, 0.2) is 0 Å². The van der Waals surface area contributed by atoms with Gasteiger partial charge in [-0.2, -0.15) is 0 Å². The lowest BCUT2D eigenvalue weighted by Crippen LogP contribution is -2.06. The van der Waals surface area contributed by atoms with E-state index in [2.05, 4.69) is 59.3 Å². The minimum absolute atomic E-state index is 1.05. The van der Waals surface area contributed by atoms with Crippen molar-refractivity contribution in [3.05, 3.63) is 85.8 Å². The molecule has 0 fully saturated rings. The minimum atomic E-state index is 1.05. The predicted molar refractivity (Wildman–Crippen MR) is 86.0 cm³/mol. The van der Waals surface area contributed by atoms with Gasteiger partial charge in [-0.3, -0.25) is 0 Å². The fourth-order valence-electron chi connectivity index (χ4n) is 2.73. The maximum absolute atomic E-state index is 2.26. The van der Waals surface area contributed by atoms with Gasteiger partial charge in [-0.25, -0.2) is 0 Å². The third-order valence-corrected chi connectivity index (χ3v) is 5.69. The highest BCUT2D eigenvalue weighted by Crippen LogP contribution is 2.48. The molecule has 1 aliphatic carbocycles. The van der Waals surface area contributed by atoms with Crippen molar-refractivity contribution < 1.29 is 0 Å². The van der Waals surface area contributed by atoms with Crippen LogP contribution in [0.5, 0.6) is 0 Å². The van der Waals surface area contributed by atoms with Crippen LogP contribution >= 0.6 is 23.5 Å². The summed E-state index contributed by atoms with van der Waals surface area (Å²) >= 11 is 3.68. The zero-order valence-electron chi connectivity index (χ0n) is 10.3. The Hall–Kier alpha value is -1.38. The van der Waals surface area contributed by atoms with Crippen LogP contribution in [0.2, 0.25) is 0 Å².